The molecule has 0 spiro atoms. The van der Waals surface area contributed by atoms with Gasteiger partial charge in [-0.25, -0.2) is 0 Å². The number of unbranched alkanes of at least 4 members (excludes halogenated alkanes) is 3. The fraction of sp³-hybridized carbons (Fsp3) is 0.188. The summed E-state index contributed by atoms with van der Waals surface area (Å²) >= 11 is 0. The number of rotatable bonds is 11. The van der Waals surface area contributed by atoms with Crippen LogP contribution in [0.1, 0.15) is 47.9 Å². The van der Waals surface area contributed by atoms with Crippen LogP contribution in [-0.4, -0.2) is 18.3 Å². The lowest BCUT2D eigenvalue weighted by Crippen LogP contribution is -1.99. The van der Waals surface area contributed by atoms with Gasteiger partial charge in [-0.15, -0.1) is 0 Å². The molecule has 0 unspecified atom stereocenters. The van der Waals surface area contributed by atoms with Crippen molar-refractivity contribution in [2.45, 2.75) is 25.7 Å². The van der Waals surface area contributed by atoms with Crippen molar-refractivity contribution in [3.05, 3.63) is 138 Å². The fourth-order valence-electron chi connectivity index (χ4n) is 4.20. The minimum absolute atomic E-state index is 0.271. The maximum absolute atomic E-state index is 8.90. The van der Waals surface area contributed by atoms with E-state index in [1.54, 1.807) is 0 Å². The molecule has 1 N–H and O–H groups in total. The van der Waals surface area contributed by atoms with Gasteiger partial charge in [0.2, 0.25) is 0 Å². The molecule has 34 heavy (non-hydrogen) atoms. The molecule has 2 heteroatoms. The first-order valence-electron chi connectivity index (χ1n) is 12.1. The van der Waals surface area contributed by atoms with Crippen LogP contribution in [0.4, 0.5) is 0 Å². The van der Waals surface area contributed by atoms with Gasteiger partial charge in [0.25, 0.3) is 0 Å². The third-order valence-electron chi connectivity index (χ3n) is 5.90. The van der Waals surface area contributed by atoms with E-state index in [1.165, 1.54) is 27.8 Å². The van der Waals surface area contributed by atoms with E-state index in [9.17, 15) is 0 Å². The zero-order chi connectivity index (χ0) is 23.4. The van der Waals surface area contributed by atoms with Crippen LogP contribution in [0, 0.1) is 0 Å². The van der Waals surface area contributed by atoms with Gasteiger partial charge in [0.15, 0.2) is 0 Å². The van der Waals surface area contributed by atoms with E-state index < -0.39 is 0 Å². The minimum atomic E-state index is 0.271. The Labute approximate surface area is 203 Å². The van der Waals surface area contributed by atoms with Gasteiger partial charge in [-0.2, -0.15) is 0 Å². The van der Waals surface area contributed by atoms with Gasteiger partial charge in [-0.05, 0) is 64.8 Å². The maximum Gasteiger partial charge on any atom is 0.119 e. The van der Waals surface area contributed by atoms with Gasteiger partial charge in [0.1, 0.15) is 5.75 Å². The summed E-state index contributed by atoms with van der Waals surface area (Å²) in [6.45, 7) is 0.971. The van der Waals surface area contributed by atoms with Crippen LogP contribution in [0.25, 0.3) is 11.1 Å². The van der Waals surface area contributed by atoms with Crippen molar-refractivity contribution < 1.29 is 9.84 Å². The van der Waals surface area contributed by atoms with Crippen molar-refractivity contribution in [2.75, 3.05) is 13.2 Å². The summed E-state index contributed by atoms with van der Waals surface area (Å²) in [6.07, 6.45) is 4.00. The average molecular weight is 449 g/mol. The Bertz CT molecular complexity index is 1110. The predicted molar refractivity (Wildman–Crippen MR) is 142 cm³/mol. The third kappa shape index (κ3) is 6.24. The number of aliphatic hydroxyl groups excluding tert-OH is 1. The summed E-state index contributed by atoms with van der Waals surface area (Å²) in [5.41, 5.74) is 7.14. The second kappa shape index (κ2) is 12.6. The SMILES string of the molecule is OCCCCCCOc1ccc(C(=C(c2ccccc2)c2ccccc2)c2ccccc2)cc1. The van der Waals surface area contributed by atoms with Crippen LogP contribution in [0.2, 0.25) is 0 Å². The molecule has 4 rings (SSSR count). The van der Waals surface area contributed by atoms with Crippen molar-refractivity contribution in [1.29, 1.82) is 0 Å². The Kier molecular flexibility index (Phi) is 8.70. The van der Waals surface area contributed by atoms with E-state index in [1.807, 2.05) is 0 Å². The molecule has 0 amide bonds. The fourth-order valence-corrected chi connectivity index (χ4v) is 4.20. The molecule has 0 aliphatic heterocycles. The summed E-state index contributed by atoms with van der Waals surface area (Å²) < 4.78 is 5.98. The van der Waals surface area contributed by atoms with Crippen LogP contribution in [0.5, 0.6) is 5.75 Å². The lowest BCUT2D eigenvalue weighted by atomic mass is 9.86. The molecule has 0 heterocycles. The topological polar surface area (TPSA) is 29.5 Å². The van der Waals surface area contributed by atoms with E-state index in [2.05, 4.69) is 115 Å². The van der Waals surface area contributed by atoms with Gasteiger partial charge in [0.05, 0.1) is 6.61 Å². The van der Waals surface area contributed by atoms with Crippen LogP contribution < -0.4 is 4.74 Å². The first-order chi connectivity index (χ1) is 16.9. The molecule has 0 radical (unpaired) electrons. The zero-order valence-corrected chi connectivity index (χ0v) is 19.6. The summed E-state index contributed by atoms with van der Waals surface area (Å²) in [4.78, 5) is 0. The molecular weight excluding hydrogens is 416 g/mol. The van der Waals surface area contributed by atoms with E-state index in [-0.39, 0.29) is 6.61 Å². The minimum Gasteiger partial charge on any atom is -0.494 e. The van der Waals surface area contributed by atoms with Crippen molar-refractivity contribution >= 4 is 11.1 Å². The second-order valence-corrected chi connectivity index (χ2v) is 8.36. The Morgan fingerprint density at radius 2 is 0.882 bits per heavy atom. The normalized spacial score (nSPS) is 10.6. The van der Waals surface area contributed by atoms with E-state index in [4.69, 9.17) is 9.84 Å². The molecule has 4 aromatic carbocycles. The average Bonchev–Trinajstić information content (AvgIpc) is 2.91. The van der Waals surface area contributed by atoms with Crippen LogP contribution in [0.15, 0.2) is 115 Å². The highest BCUT2D eigenvalue weighted by Gasteiger charge is 2.16. The molecule has 0 aliphatic carbocycles. The van der Waals surface area contributed by atoms with Gasteiger partial charge in [-0.3, -0.25) is 0 Å². The molecule has 0 saturated carbocycles. The van der Waals surface area contributed by atoms with Gasteiger partial charge in [0, 0.05) is 6.61 Å². The Balaban J connectivity index is 1.71. The van der Waals surface area contributed by atoms with Gasteiger partial charge in [-0.1, -0.05) is 110 Å². The van der Waals surface area contributed by atoms with E-state index in [0.29, 0.717) is 6.61 Å². The van der Waals surface area contributed by atoms with E-state index >= 15 is 0 Å². The zero-order valence-electron chi connectivity index (χ0n) is 19.6. The molecule has 0 atom stereocenters. The molecule has 0 fully saturated rings. The first kappa shape index (κ1) is 23.5. The molecule has 4 aromatic rings. The molecule has 0 aromatic heterocycles. The van der Waals surface area contributed by atoms with Crippen LogP contribution >= 0.6 is 0 Å². The van der Waals surface area contributed by atoms with Crippen molar-refractivity contribution in [3.63, 3.8) is 0 Å². The smallest absolute Gasteiger partial charge is 0.119 e. The number of hydrogen-bond donors (Lipinski definition) is 1. The highest BCUT2D eigenvalue weighted by Crippen LogP contribution is 2.37. The Morgan fingerprint density at radius 1 is 0.471 bits per heavy atom. The highest BCUT2D eigenvalue weighted by atomic mass is 16.5. The first-order valence-corrected chi connectivity index (χ1v) is 12.1. The van der Waals surface area contributed by atoms with Crippen molar-refractivity contribution in [2.24, 2.45) is 0 Å². The quantitative estimate of drug-likeness (QED) is 0.189. The molecule has 0 saturated heterocycles. The van der Waals surface area contributed by atoms with Crippen molar-refractivity contribution in [3.8, 4) is 5.75 Å². The molecule has 0 aliphatic rings. The number of benzene rings is 4. The van der Waals surface area contributed by atoms with Gasteiger partial charge < -0.3 is 9.84 Å². The van der Waals surface area contributed by atoms with E-state index in [0.717, 1.165) is 37.0 Å². The highest BCUT2D eigenvalue weighted by molar-refractivity contribution is 6.04. The standard InChI is InChI=1S/C32H32O2/c33-24-12-1-2-13-25-34-30-22-20-29(21-23-30)32(28-18-10-5-11-19-28)31(26-14-6-3-7-15-26)27-16-8-4-9-17-27/h3-11,14-23,33H,1-2,12-13,24-25H2. The third-order valence-corrected chi connectivity index (χ3v) is 5.90. The molecule has 172 valence electrons. The predicted octanol–water partition coefficient (Wildman–Crippen LogP) is 7.63. The van der Waals surface area contributed by atoms with Gasteiger partial charge >= 0.3 is 0 Å². The van der Waals surface area contributed by atoms with Crippen LogP contribution in [-0.2, 0) is 0 Å². The summed E-state index contributed by atoms with van der Waals surface area (Å²) in [5, 5.41) is 8.90. The summed E-state index contributed by atoms with van der Waals surface area (Å²) in [5.74, 6) is 0.888. The second-order valence-electron chi connectivity index (χ2n) is 8.36. The lowest BCUT2D eigenvalue weighted by molar-refractivity contribution is 0.273. The Morgan fingerprint density at radius 3 is 1.32 bits per heavy atom. The molecule has 0 bridgehead atoms. The number of aliphatic hydroxyl groups is 1. The maximum atomic E-state index is 8.90. The monoisotopic (exact) mass is 448 g/mol. The number of ether oxygens (including phenoxy) is 1. The molecule has 2 nitrogen and oxygen atoms in total. The lowest BCUT2D eigenvalue weighted by Gasteiger charge is -2.18. The number of hydrogen-bond acceptors (Lipinski definition) is 2. The Hall–Kier alpha value is -3.62. The summed E-state index contributed by atoms with van der Waals surface area (Å²) in [6, 6.07) is 40.3. The largest absolute Gasteiger partial charge is 0.494 e. The summed E-state index contributed by atoms with van der Waals surface area (Å²) in [7, 11) is 0. The molecular formula is C32H32O2. The van der Waals surface area contributed by atoms with Crippen molar-refractivity contribution in [1.82, 2.24) is 0 Å². The van der Waals surface area contributed by atoms with Crippen LogP contribution in [0.3, 0.4) is 0 Å².